The van der Waals surface area contributed by atoms with Gasteiger partial charge in [-0.15, -0.1) is 0 Å². The molecule has 7 heteroatoms. The second kappa shape index (κ2) is 11.2. The van der Waals surface area contributed by atoms with Crippen molar-refractivity contribution in [3.63, 3.8) is 0 Å². The normalized spacial score (nSPS) is 12.0. The van der Waals surface area contributed by atoms with Crippen LogP contribution in [0.15, 0.2) is 65.3 Å². The van der Waals surface area contributed by atoms with Gasteiger partial charge in [-0.05, 0) is 60.7 Å². The number of hydrogen-bond acceptors (Lipinski definition) is 6. The Bertz CT molecular complexity index is 1310. The zero-order valence-corrected chi connectivity index (χ0v) is 21.1. The largest absolute Gasteiger partial charge is 0.493 e. The fraction of sp³-hybridized carbons (Fsp3) is 0.310. The smallest absolute Gasteiger partial charge is 0.303 e. The van der Waals surface area contributed by atoms with Gasteiger partial charge < -0.3 is 14.3 Å². The zero-order chi connectivity index (χ0) is 25.7. The first-order valence-electron chi connectivity index (χ1n) is 12.1. The second-order valence-electron chi connectivity index (χ2n) is 9.27. The summed E-state index contributed by atoms with van der Waals surface area (Å²) in [5, 5.41) is 8.93. The van der Waals surface area contributed by atoms with E-state index >= 15 is 0 Å². The summed E-state index contributed by atoms with van der Waals surface area (Å²) in [6.45, 7) is 8.69. The average Bonchev–Trinajstić information content (AvgIpc) is 3.33. The molecular formula is C29H31N3O4. The molecule has 2 heterocycles. The third-order valence-corrected chi connectivity index (χ3v) is 6.05. The third-order valence-electron chi connectivity index (χ3n) is 6.05. The van der Waals surface area contributed by atoms with E-state index in [4.69, 9.17) is 19.2 Å². The van der Waals surface area contributed by atoms with Gasteiger partial charge in [-0.1, -0.05) is 39.0 Å². The maximum atomic E-state index is 10.9. The lowest BCUT2D eigenvalue weighted by atomic mass is 10.0. The Balaban J connectivity index is 1.48. The number of hydrogen-bond donors (Lipinski definition) is 1. The summed E-state index contributed by atoms with van der Waals surface area (Å²) in [5.41, 5.74) is 4.79. The van der Waals surface area contributed by atoms with Crippen LogP contribution in [0.4, 0.5) is 0 Å². The molecule has 0 amide bonds. The molecule has 186 valence electrons. The number of rotatable bonds is 10. The number of aromatic nitrogens is 3. The van der Waals surface area contributed by atoms with Crippen molar-refractivity contribution in [2.75, 3.05) is 6.61 Å². The Morgan fingerprint density at radius 1 is 1.03 bits per heavy atom. The Kier molecular flexibility index (Phi) is 7.78. The third kappa shape index (κ3) is 5.97. The van der Waals surface area contributed by atoms with Crippen molar-refractivity contribution in [3.8, 4) is 28.6 Å². The van der Waals surface area contributed by atoms with Crippen LogP contribution in [0.2, 0.25) is 0 Å². The van der Waals surface area contributed by atoms with Crippen LogP contribution in [0.1, 0.15) is 61.6 Å². The van der Waals surface area contributed by atoms with E-state index in [-0.39, 0.29) is 18.3 Å². The van der Waals surface area contributed by atoms with Gasteiger partial charge >= 0.3 is 5.97 Å². The van der Waals surface area contributed by atoms with Crippen LogP contribution in [0.25, 0.3) is 22.8 Å². The van der Waals surface area contributed by atoms with Crippen molar-refractivity contribution in [2.24, 2.45) is 0 Å². The lowest BCUT2D eigenvalue weighted by molar-refractivity contribution is -0.136. The Morgan fingerprint density at radius 3 is 2.36 bits per heavy atom. The van der Waals surface area contributed by atoms with Crippen LogP contribution >= 0.6 is 0 Å². The topological polar surface area (TPSA) is 98.3 Å². The summed E-state index contributed by atoms with van der Waals surface area (Å²) >= 11 is 0. The maximum absolute atomic E-state index is 10.9. The molecule has 0 radical (unpaired) electrons. The predicted octanol–water partition coefficient (Wildman–Crippen LogP) is 6.43. The summed E-state index contributed by atoms with van der Waals surface area (Å²) in [6, 6.07) is 15.5. The van der Waals surface area contributed by atoms with Crippen LogP contribution in [0.5, 0.6) is 5.75 Å². The van der Waals surface area contributed by atoms with Gasteiger partial charge in [0.2, 0.25) is 5.89 Å². The van der Waals surface area contributed by atoms with Crippen molar-refractivity contribution in [1.82, 2.24) is 15.0 Å². The maximum Gasteiger partial charge on any atom is 0.303 e. The lowest BCUT2D eigenvalue weighted by Gasteiger charge is -2.14. The molecule has 0 bridgehead atoms. The number of carbonyl (C=O) groups is 1. The molecule has 0 aliphatic rings. The number of nitrogens with zero attached hydrogens (tertiary/aromatic N) is 3. The lowest BCUT2D eigenvalue weighted by Crippen LogP contribution is -2.09. The summed E-state index contributed by atoms with van der Waals surface area (Å²) < 4.78 is 12.4. The zero-order valence-electron chi connectivity index (χ0n) is 21.1. The number of benzene rings is 2. The first kappa shape index (κ1) is 25.1. The van der Waals surface area contributed by atoms with Crippen molar-refractivity contribution < 1.29 is 19.1 Å². The number of aryl methyl sites for hydroxylation is 2. The van der Waals surface area contributed by atoms with Crippen molar-refractivity contribution in [2.45, 2.75) is 52.4 Å². The molecule has 1 atom stereocenters. The van der Waals surface area contributed by atoms with Gasteiger partial charge in [-0.3, -0.25) is 4.79 Å². The number of carboxylic acid groups (broad SMARTS) is 1. The molecule has 36 heavy (non-hydrogen) atoms. The quantitative estimate of drug-likeness (QED) is 0.276. The average molecular weight is 486 g/mol. The number of ether oxygens (including phenoxy) is 1. The molecule has 0 saturated heterocycles. The minimum atomic E-state index is -0.794. The van der Waals surface area contributed by atoms with E-state index in [9.17, 15) is 4.79 Å². The summed E-state index contributed by atoms with van der Waals surface area (Å²) in [4.78, 5) is 24.3. The fourth-order valence-corrected chi connectivity index (χ4v) is 4.02. The van der Waals surface area contributed by atoms with Crippen LogP contribution in [0, 0.1) is 6.92 Å². The van der Waals surface area contributed by atoms with Gasteiger partial charge in [0.15, 0.2) is 5.82 Å². The first-order chi connectivity index (χ1) is 17.3. The number of aliphatic carboxylic acids is 1. The molecule has 0 unspecified atom stereocenters. The molecule has 4 aromatic rings. The van der Waals surface area contributed by atoms with Crippen LogP contribution in [0.3, 0.4) is 0 Å². The minimum Gasteiger partial charge on any atom is -0.493 e. The second-order valence-corrected chi connectivity index (χ2v) is 9.27. The monoisotopic (exact) mass is 485 g/mol. The highest BCUT2D eigenvalue weighted by atomic mass is 16.5. The number of carboxylic acids is 1. The van der Waals surface area contributed by atoms with Gasteiger partial charge in [0.25, 0.3) is 0 Å². The van der Waals surface area contributed by atoms with E-state index in [1.54, 1.807) is 18.5 Å². The highest BCUT2D eigenvalue weighted by molar-refractivity contribution is 5.67. The highest BCUT2D eigenvalue weighted by Crippen LogP contribution is 2.32. The molecule has 2 aromatic carbocycles. The van der Waals surface area contributed by atoms with E-state index in [1.807, 2.05) is 49.4 Å². The van der Waals surface area contributed by atoms with Crippen molar-refractivity contribution in [3.05, 3.63) is 83.5 Å². The van der Waals surface area contributed by atoms with Crippen molar-refractivity contribution in [1.29, 1.82) is 0 Å². The van der Waals surface area contributed by atoms with Crippen molar-refractivity contribution >= 4 is 5.97 Å². The van der Waals surface area contributed by atoms with Gasteiger partial charge in [0.1, 0.15) is 11.5 Å². The van der Waals surface area contributed by atoms with Gasteiger partial charge in [0.05, 0.1) is 18.2 Å². The van der Waals surface area contributed by atoms with E-state index in [0.717, 1.165) is 39.5 Å². The molecule has 0 fully saturated rings. The molecule has 0 saturated carbocycles. The van der Waals surface area contributed by atoms with Gasteiger partial charge in [-0.2, -0.15) is 0 Å². The molecule has 0 aliphatic carbocycles. The molecular weight excluding hydrogens is 454 g/mol. The Hall–Kier alpha value is -4.00. The van der Waals surface area contributed by atoms with E-state index in [0.29, 0.717) is 24.7 Å². The highest BCUT2D eigenvalue weighted by Gasteiger charge is 2.23. The van der Waals surface area contributed by atoms with Gasteiger partial charge in [-0.25, -0.2) is 15.0 Å². The Labute approximate surface area is 211 Å². The predicted molar refractivity (Wildman–Crippen MR) is 138 cm³/mol. The molecule has 0 spiro atoms. The summed E-state index contributed by atoms with van der Waals surface area (Å²) in [5.74, 6) is 2.24. The van der Waals surface area contributed by atoms with Crippen LogP contribution < -0.4 is 4.74 Å². The first-order valence-corrected chi connectivity index (χ1v) is 12.1. The molecule has 0 aliphatic heterocycles. The Morgan fingerprint density at radius 2 is 1.72 bits per heavy atom. The van der Waals surface area contributed by atoms with E-state index < -0.39 is 5.97 Å². The van der Waals surface area contributed by atoms with Gasteiger partial charge in [0, 0.05) is 29.9 Å². The molecule has 7 nitrogen and oxygen atoms in total. The number of oxazole rings is 1. The van der Waals surface area contributed by atoms with Crippen LogP contribution in [-0.4, -0.2) is 32.6 Å². The van der Waals surface area contributed by atoms with Crippen LogP contribution in [-0.2, 0) is 11.2 Å². The summed E-state index contributed by atoms with van der Waals surface area (Å²) in [6.07, 6.45) is 4.08. The molecule has 4 rings (SSSR count). The minimum absolute atomic E-state index is 0.00682. The molecule has 1 N–H and O–H groups in total. The van der Waals surface area contributed by atoms with E-state index in [2.05, 4.69) is 30.7 Å². The molecule has 2 aromatic heterocycles. The standard InChI is InChI=1S/C29H31N3O4/c1-18(2)26-27(20(4)17-35-24-12-10-21(19(3)16-24)11-13-25(33)34)36-29(32-26)23-8-6-22(7-9-23)28-30-14-5-15-31-28/h5-10,12,14-16,18,20H,11,13,17H2,1-4H3,(H,33,34)/t20-/m0/s1. The fourth-order valence-electron chi connectivity index (χ4n) is 4.02. The van der Waals surface area contributed by atoms with E-state index in [1.165, 1.54) is 0 Å². The summed E-state index contributed by atoms with van der Waals surface area (Å²) in [7, 11) is 0. The SMILES string of the molecule is Cc1cc(OC[C@H](C)c2oc(-c3ccc(-c4ncccn4)cc3)nc2C(C)C)ccc1CCC(=O)O.